The van der Waals surface area contributed by atoms with Crippen LogP contribution in [-0.4, -0.2) is 40.7 Å². The van der Waals surface area contributed by atoms with E-state index in [1.807, 2.05) is 0 Å². The van der Waals surface area contributed by atoms with Gasteiger partial charge in [-0.3, -0.25) is 9.36 Å². The van der Waals surface area contributed by atoms with E-state index in [1.165, 1.54) is 13.2 Å². The molecule has 3 N–H and O–H groups in total. The molecule has 29 heavy (non-hydrogen) atoms. The van der Waals surface area contributed by atoms with Crippen LogP contribution in [0.15, 0.2) is 46.0 Å². The quantitative estimate of drug-likeness (QED) is 0.620. The molecule has 1 saturated heterocycles. The molecule has 1 unspecified atom stereocenters. The van der Waals surface area contributed by atoms with Gasteiger partial charge in [-0.25, -0.2) is 9.18 Å². The summed E-state index contributed by atoms with van der Waals surface area (Å²) >= 11 is 0. The molecule has 3 aromatic rings. The number of ether oxygens (including phenoxy) is 1. The zero-order valence-electron chi connectivity index (χ0n) is 15.5. The van der Waals surface area contributed by atoms with Crippen LogP contribution >= 0.6 is 12.4 Å². The number of nitrogens with zero attached hydrogens (tertiary/aromatic N) is 3. The molecule has 1 fully saturated rings. The van der Waals surface area contributed by atoms with Crippen molar-refractivity contribution in [1.29, 1.82) is 0 Å². The maximum absolute atomic E-state index is 14.7. The minimum Gasteiger partial charge on any atom is -0.497 e. The Morgan fingerprint density at radius 2 is 2.00 bits per heavy atom. The number of rotatable bonds is 3. The lowest BCUT2D eigenvalue weighted by atomic mass is 10.1. The van der Waals surface area contributed by atoms with Gasteiger partial charge >= 0.3 is 5.69 Å². The molecule has 2 heterocycles. The molecule has 10 heteroatoms. The highest BCUT2D eigenvalue weighted by atomic mass is 35.5. The van der Waals surface area contributed by atoms with Gasteiger partial charge in [-0.1, -0.05) is 10.8 Å². The summed E-state index contributed by atoms with van der Waals surface area (Å²) < 4.78 is 21.1. The van der Waals surface area contributed by atoms with E-state index in [-0.39, 0.29) is 39.8 Å². The van der Waals surface area contributed by atoms with Gasteiger partial charge in [0.05, 0.1) is 29.4 Å². The number of halogens is 2. The molecule has 2 aromatic carbocycles. The Morgan fingerprint density at radius 3 is 2.66 bits per heavy atom. The van der Waals surface area contributed by atoms with Gasteiger partial charge in [-0.15, -0.1) is 12.4 Å². The summed E-state index contributed by atoms with van der Waals surface area (Å²) in [6.07, 6.45) is 0.721. The third kappa shape index (κ3) is 3.43. The summed E-state index contributed by atoms with van der Waals surface area (Å²) in [6.45, 7) is 1.05. The first-order valence-electron chi connectivity index (χ1n) is 8.76. The third-order valence-electron chi connectivity index (χ3n) is 4.98. The smallest absolute Gasteiger partial charge is 0.369 e. The van der Waals surface area contributed by atoms with Gasteiger partial charge in [0.25, 0.3) is 5.56 Å². The van der Waals surface area contributed by atoms with Crippen LogP contribution in [-0.2, 0) is 0 Å². The fraction of sp³-hybridized carbons (Fsp3) is 0.263. The molecule has 0 saturated carbocycles. The summed E-state index contributed by atoms with van der Waals surface area (Å²) in [5, 5.41) is 9.85. The molecule has 0 amide bonds. The first-order valence-corrected chi connectivity index (χ1v) is 8.76. The van der Waals surface area contributed by atoms with Crippen molar-refractivity contribution in [2.45, 2.75) is 12.5 Å². The van der Waals surface area contributed by atoms with E-state index in [9.17, 15) is 19.2 Å². The lowest BCUT2D eigenvalue weighted by molar-refractivity contribution is 0.160. The highest BCUT2D eigenvalue weighted by Gasteiger charge is 2.24. The van der Waals surface area contributed by atoms with Gasteiger partial charge in [0.1, 0.15) is 11.6 Å². The molecule has 0 aliphatic carbocycles. The first-order chi connectivity index (χ1) is 13.4. The molecule has 1 aliphatic rings. The standard InChI is InChI=1S/C19H19FN4O4.ClH/c1-28-13-4-2-3-12(7-13)23-16-9-17(22-6-5-11(21)10-22)15(20)8-14(16)18(25)24(27)19(23)26;/h2-4,7-9,11,27H,5-6,10,21H2,1H3;1H. The molecule has 4 rings (SSSR count). The minimum atomic E-state index is -0.984. The first kappa shape index (κ1) is 20.7. The monoisotopic (exact) mass is 422 g/mol. The summed E-state index contributed by atoms with van der Waals surface area (Å²) in [4.78, 5) is 26.8. The molecule has 1 atom stereocenters. The van der Waals surface area contributed by atoms with Crippen molar-refractivity contribution < 1.29 is 14.3 Å². The average molecular weight is 423 g/mol. The number of aromatic nitrogens is 2. The van der Waals surface area contributed by atoms with Crippen LogP contribution in [0.3, 0.4) is 0 Å². The summed E-state index contributed by atoms with van der Waals surface area (Å²) in [5.41, 5.74) is 4.80. The molecule has 1 aromatic heterocycles. The molecule has 0 spiro atoms. The predicted molar refractivity (Wildman–Crippen MR) is 110 cm³/mol. The largest absolute Gasteiger partial charge is 0.497 e. The molecule has 8 nitrogen and oxygen atoms in total. The second kappa shape index (κ2) is 7.76. The van der Waals surface area contributed by atoms with Crippen LogP contribution in [0.25, 0.3) is 16.6 Å². The summed E-state index contributed by atoms with van der Waals surface area (Å²) in [5.74, 6) is -0.129. The van der Waals surface area contributed by atoms with Gasteiger partial charge in [0.2, 0.25) is 0 Å². The molecule has 0 radical (unpaired) electrons. The molecular formula is C19H20ClFN4O4. The van der Waals surface area contributed by atoms with E-state index in [0.717, 1.165) is 17.1 Å². The van der Waals surface area contributed by atoms with Crippen molar-refractivity contribution in [2.24, 2.45) is 5.73 Å². The van der Waals surface area contributed by atoms with Gasteiger partial charge in [-0.2, -0.15) is 0 Å². The Bertz CT molecular complexity index is 1190. The van der Waals surface area contributed by atoms with E-state index in [2.05, 4.69) is 0 Å². The van der Waals surface area contributed by atoms with E-state index in [1.54, 1.807) is 29.2 Å². The highest BCUT2D eigenvalue weighted by molar-refractivity contribution is 5.85. The maximum Gasteiger partial charge on any atom is 0.369 e. The summed E-state index contributed by atoms with van der Waals surface area (Å²) in [6, 6.07) is 9.00. The van der Waals surface area contributed by atoms with Gasteiger partial charge < -0.3 is 20.6 Å². The van der Waals surface area contributed by atoms with Crippen molar-refractivity contribution in [3.63, 3.8) is 0 Å². The van der Waals surface area contributed by atoms with E-state index in [4.69, 9.17) is 10.5 Å². The topological polar surface area (TPSA) is 103 Å². The number of methoxy groups -OCH3 is 1. The minimum absolute atomic E-state index is 0. The van der Waals surface area contributed by atoms with Crippen molar-refractivity contribution in [1.82, 2.24) is 9.30 Å². The molecule has 1 aliphatic heterocycles. The predicted octanol–water partition coefficient (Wildman–Crippen LogP) is 1.50. The van der Waals surface area contributed by atoms with Crippen LogP contribution in [0.1, 0.15) is 6.42 Å². The third-order valence-corrected chi connectivity index (χ3v) is 4.98. The van der Waals surface area contributed by atoms with Crippen molar-refractivity contribution in [3.05, 3.63) is 63.1 Å². The van der Waals surface area contributed by atoms with E-state index < -0.39 is 17.1 Å². The van der Waals surface area contributed by atoms with Crippen molar-refractivity contribution >= 4 is 29.0 Å². The van der Waals surface area contributed by atoms with Gasteiger partial charge in [0.15, 0.2) is 0 Å². The lowest BCUT2D eigenvalue weighted by Gasteiger charge is -2.20. The number of nitrogens with two attached hydrogens (primary N) is 1. The lowest BCUT2D eigenvalue weighted by Crippen LogP contribution is -2.38. The van der Waals surface area contributed by atoms with Crippen molar-refractivity contribution in [2.75, 3.05) is 25.1 Å². The van der Waals surface area contributed by atoms with E-state index in [0.29, 0.717) is 24.5 Å². The van der Waals surface area contributed by atoms with Crippen LogP contribution in [0.2, 0.25) is 0 Å². The van der Waals surface area contributed by atoms with Crippen LogP contribution in [0, 0.1) is 5.82 Å². The molecule has 0 bridgehead atoms. The second-order valence-corrected chi connectivity index (χ2v) is 6.75. The van der Waals surface area contributed by atoms with Crippen LogP contribution in [0.5, 0.6) is 5.75 Å². The Morgan fingerprint density at radius 1 is 1.24 bits per heavy atom. The second-order valence-electron chi connectivity index (χ2n) is 6.75. The number of hydrogen-bond acceptors (Lipinski definition) is 6. The SMILES string of the molecule is COc1cccc(-n2c(=O)n(O)c(=O)c3cc(F)c(N4CCC(N)C4)cc32)c1.Cl. The Labute approximate surface area is 170 Å². The Hall–Kier alpha value is -3.04. The van der Waals surface area contributed by atoms with Crippen molar-refractivity contribution in [3.8, 4) is 11.4 Å². The zero-order chi connectivity index (χ0) is 20.0. The number of anilines is 1. The molecule has 154 valence electrons. The number of hydrogen-bond donors (Lipinski definition) is 2. The van der Waals surface area contributed by atoms with E-state index >= 15 is 0 Å². The zero-order valence-corrected chi connectivity index (χ0v) is 16.4. The Balaban J connectivity index is 0.00000240. The fourth-order valence-corrected chi connectivity index (χ4v) is 3.55. The van der Waals surface area contributed by atoms with Crippen LogP contribution in [0.4, 0.5) is 10.1 Å². The number of fused-ring (bicyclic) bond motifs is 1. The summed E-state index contributed by atoms with van der Waals surface area (Å²) in [7, 11) is 1.48. The highest BCUT2D eigenvalue weighted by Crippen LogP contribution is 2.28. The number of benzene rings is 2. The van der Waals surface area contributed by atoms with Crippen LogP contribution < -0.4 is 26.6 Å². The average Bonchev–Trinajstić information content (AvgIpc) is 3.13. The Kier molecular flexibility index (Phi) is 5.54. The fourth-order valence-electron chi connectivity index (χ4n) is 3.55. The maximum atomic E-state index is 14.7. The normalized spacial score (nSPS) is 16.1. The molecular weight excluding hydrogens is 403 g/mol. The van der Waals surface area contributed by atoms with Gasteiger partial charge in [0, 0.05) is 25.2 Å². The van der Waals surface area contributed by atoms with Gasteiger partial charge in [-0.05, 0) is 30.7 Å².